The van der Waals surface area contributed by atoms with Crippen LogP contribution in [-0.4, -0.2) is 53.2 Å². The molecule has 2 fully saturated rings. The lowest BCUT2D eigenvalue weighted by Crippen LogP contribution is -2.46. The minimum absolute atomic E-state index is 0.0719. The Hall–Kier alpha value is -1.92. The number of rotatable bonds is 5. The summed E-state index contributed by atoms with van der Waals surface area (Å²) >= 11 is 0. The van der Waals surface area contributed by atoms with Gasteiger partial charge in [0.1, 0.15) is 6.54 Å². The molecule has 1 aliphatic heterocycles. The number of imide groups is 2. The van der Waals surface area contributed by atoms with E-state index in [4.69, 9.17) is 0 Å². The highest BCUT2D eigenvalue weighted by Gasteiger charge is 2.43. The van der Waals surface area contributed by atoms with E-state index >= 15 is 0 Å². The third-order valence-corrected chi connectivity index (χ3v) is 5.66. The van der Waals surface area contributed by atoms with Crippen LogP contribution in [0, 0.1) is 11.3 Å². The standard InChI is InChI=1S/C17H27N3O4/c1-5-17(2,3)11-6-8-12(9-7-11)18-13(21)10-20-15(23)14(22)19(4)16(20)24/h11-12H,5-10H2,1-4H3,(H,18,21). The molecule has 24 heavy (non-hydrogen) atoms. The summed E-state index contributed by atoms with van der Waals surface area (Å²) in [7, 11) is 1.23. The van der Waals surface area contributed by atoms with Gasteiger partial charge in [-0.15, -0.1) is 0 Å². The summed E-state index contributed by atoms with van der Waals surface area (Å²) in [6.45, 7) is 6.38. The summed E-state index contributed by atoms with van der Waals surface area (Å²) in [5.74, 6) is -1.57. The predicted octanol–water partition coefficient (Wildman–Crippen LogP) is 1.52. The van der Waals surface area contributed by atoms with Gasteiger partial charge >= 0.3 is 17.8 Å². The van der Waals surface area contributed by atoms with Crippen molar-refractivity contribution in [2.24, 2.45) is 11.3 Å². The van der Waals surface area contributed by atoms with Crippen LogP contribution in [0.25, 0.3) is 0 Å². The van der Waals surface area contributed by atoms with Gasteiger partial charge in [0.05, 0.1) is 0 Å². The van der Waals surface area contributed by atoms with Crippen molar-refractivity contribution < 1.29 is 19.2 Å². The van der Waals surface area contributed by atoms with Crippen LogP contribution in [0.15, 0.2) is 0 Å². The average molecular weight is 337 g/mol. The van der Waals surface area contributed by atoms with Gasteiger partial charge < -0.3 is 5.32 Å². The molecule has 1 saturated carbocycles. The summed E-state index contributed by atoms with van der Waals surface area (Å²) in [6, 6.07) is -0.670. The van der Waals surface area contributed by atoms with Gasteiger partial charge in [-0.1, -0.05) is 27.2 Å². The summed E-state index contributed by atoms with van der Waals surface area (Å²) in [5.41, 5.74) is 0.314. The van der Waals surface area contributed by atoms with Crippen molar-refractivity contribution in [2.75, 3.05) is 13.6 Å². The van der Waals surface area contributed by atoms with Crippen molar-refractivity contribution in [2.45, 2.75) is 58.9 Å². The molecule has 2 aliphatic rings. The highest BCUT2D eigenvalue weighted by Crippen LogP contribution is 2.40. The molecule has 1 N–H and O–H groups in total. The molecular weight excluding hydrogens is 310 g/mol. The Morgan fingerprint density at radius 2 is 1.71 bits per heavy atom. The van der Waals surface area contributed by atoms with Gasteiger partial charge in [0, 0.05) is 13.1 Å². The van der Waals surface area contributed by atoms with Gasteiger partial charge in [-0.2, -0.15) is 0 Å². The Labute approximate surface area is 142 Å². The smallest absolute Gasteiger partial charge is 0.334 e. The lowest BCUT2D eigenvalue weighted by Gasteiger charge is -2.39. The second-order valence-corrected chi connectivity index (χ2v) is 7.50. The summed E-state index contributed by atoms with van der Waals surface area (Å²) in [6.07, 6.45) is 5.07. The Balaban J connectivity index is 1.83. The van der Waals surface area contributed by atoms with E-state index in [0.717, 1.165) is 37.0 Å². The zero-order valence-corrected chi connectivity index (χ0v) is 14.9. The van der Waals surface area contributed by atoms with Crippen molar-refractivity contribution in [3.63, 3.8) is 0 Å². The zero-order chi connectivity index (χ0) is 18.1. The van der Waals surface area contributed by atoms with Crippen molar-refractivity contribution in [3.8, 4) is 0 Å². The molecule has 0 unspecified atom stereocenters. The van der Waals surface area contributed by atoms with Crippen LogP contribution in [0.1, 0.15) is 52.9 Å². The highest BCUT2D eigenvalue weighted by molar-refractivity contribution is 6.44. The van der Waals surface area contributed by atoms with Crippen LogP contribution in [0.3, 0.4) is 0 Å². The molecule has 0 radical (unpaired) electrons. The first kappa shape index (κ1) is 18.4. The van der Waals surface area contributed by atoms with E-state index in [1.807, 2.05) is 0 Å². The van der Waals surface area contributed by atoms with Crippen LogP contribution in [0.2, 0.25) is 0 Å². The molecule has 134 valence electrons. The number of amides is 5. The number of hydrogen-bond donors (Lipinski definition) is 1. The maximum atomic E-state index is 12.1. The molecule has 0 atom stereocenters. The maximum absolute atomic E-state index is 12.1. The van der Waals surface area contributed by atoms with E-state index in [1.54, 1.807) is 0 Å². The van der Waals surface area contributed by atoms with Gasteiger partial charge in [-0.05, 0) is 37.0 Å². The van der Waals surface area contributed by atoms with E-state index in [2.05, 4.69) is 26.1 Å². The maximum Gasteiger partial charge on any atom is 0.334 e. The molecule has 0 spiro atoms. The third kappa shape index (κ3) is 3.60. The van der Waals surface area contributed by atoms with Crippen LogP contribution in [0.5, 0.6) is 0 Å². The van der Waals surface area contributed by atoms with E-state index in [-0.39, 0.29) is 6.04 Å². The number of urea groups is 1. The number of carbonyl (C=O) groups is 4. The van der Waals surface area contributed by atoms with E-state index < -0.39 is 30.3 Å². The SMILES string of the molecule is CCC(C)(C)C1CCC(NC(=O)CN2C(=O)C(=O)N(C)C2=O)CC1. The number of likely N-dealkylation sites (N-methyl/N-ethyl adjacent to an activating group) is 1. The minimum Gasteiger partial charge on any atom is -0.352 e. The van der Waals surface area contributed by atoms with Crippen LogP contribution >= 0.6 is 0 Å². The van der Waals surface area contributed by atoms with E-state index in [0.29, 0.717) is 16.2 Å². The number of nitrogens with zero attached hydrogens (tertiary/aromatic N) is 2. The molecule has 0 aromatic rings. The van der Waals surface area contributed by atoms with Gasteiger partial charge in [0.15, 0.2) is 0 Å². The van der Waals surface area contributed by atoms with Crippen molar-refractivity contribution in [1.29, 1.82) is 0 Å². The fraction of sp³-hybridized carbons (Fsp3) is 0.765. The van der Waals surface area contributed by atoms with E-state index in [1.165, 1.54) is 7.05 Å². The topological polar surface area (TPSA) is 86.8 Å². The number of hydrogen-bond acceptors (Lipinski definition) is 4. The normalized spacial score (nSPS) is 25.4. The summed E-state index contributed by atoms with van der Waals surface area (Å²) in [4.78, 5) is 48.4. The first-order chi connectivity index (χ1) is 11.2. The lowest BCUT2D eigenvalue weighted by molar-refractivity contribution is -0.143. The van der Waals surface area contributed by atoms with Crippen molar-refractivity contribution in [1.82, 2.24) is 15.1 Å². The van der Waals surface area contributed by atoms with E-state index in [9.17, 15) is 19.2 Å². The van der Waals surface area contributed by atoms with Crippen molar-refractivity contribution >= 4 is 23.8 Å². The molecular formula is C17H27N3O4. The molecule has 5 amide bonds. The fourth-order valence-electron chi connectivity index (χ4n) is 3.48. The molecule has 0 aromatic heterocycles. The quantitative estimate of drug-likeness (QED) is 0.609. The molecule has 2 rings (SSSR count). The van der Waals surface area contributed by atoms with Gasteiger partial charge in [0.25, 0.3) is 0 Å². The summed E-state index contributed by atoms with van der Waals surface area (Å²) in [5, 5.41) is 2.89. The average Bonchev–Trinajstić information content (AvgIpc) is 2.73. The number of nitrogens with one attached hydrogen (secondary N) is 1. The van der Waals surface area contributed by atoms with Gasteiger partial charge in [-0.25, -0.2) is 9.69 Å². The Morgan fingerprint density at radius 3 is 2.17 bits per heavy atom. The highest BCUT2D eigenvalue weighted by atomic mass is 16.2. The fourth-order valence-corrected chi connectivity index (χ4v) is 3.48. The van der Waals surface area contributed by atoms with Gasteiger partial charge in [-0.3, -0.25) is 19.3 Å². The third-order valence-electron chi connectivity index (χ3n) is 5.66. The Morgan fingerprint density at radius 1 is 1.12 bits per heavy atom. The lowest BCUT2D eigenvalue weighted by atomic mass is 9.69. The second-order valence-electron chi connectivity index (χ2n) is 7.50. The summed E-state index contributed by atoms with van der Waals surface area (Å²) < 4.78 is 0. The number of carbonyl (C=O) groups excluding carboxylic acids is 4. The van der Waals surface area contributed by atoms with Crippen LogP contribution in [0.4, 0.5) is 4.79 Å². The largest absolute Gasteiger partial charge is 0.352 e. The Kier molecular flexibility index (Phi) is 5.30. The Bertz CT molecular complexity index is 550. The molecule has 1 heterocycles. The van der Waals surface area contributed by atoms with Crippen LogP contribution < -0.4 is 5.32 Å². The monoisotopic (exact) mass is 337 g/mol. The van der Waals surface area contributed by atoms with Gasteiger partial charge in [0.2, 0.25) is 5.91 Å². The predicted molar refractivity (Wildman–Crippen MR) is 87.8 cm³/mol. The molecule has 7 heteroatoms. The van der Waals surface area contributed by atoms with Crippen molar-refractivity contribution in [3.05, 3.63) is 0 Å². The first-order valence-corrected chi connectivity index (χ1v) is 8.60. The second kappa shape index (κ2) is 6.91. The van der Waals surface area contributed by atoms with Crippen LogP contribution in [-0.2, 0) is 14.4 Å². The minimum atomic E-state index is -0.939. The molecule has 1 aliphatic carbocycles. The zero-order valence-electron chi connectivity index (χ0n) is 14.9. The molecule has 0 aromatic carbocycles. The first-order valence-electron chi connectivity index (χ1n) is 8.60. The molecule has 7 nitrogen and oxygen atoms in total. The molecule has 1 saturated heterocycles. The molecule has 0 bridgehead atoms.